The summed E-state index contributed by atoms with van der Waals surface area (Å²) in [5.74, 6) is 2.06. The first-order valence-electron chi connectivity index (χ1n) is 11.2. The van der Waals surface area contributed by atoms with Gasteiger partial charge in [-0.3, -0.25) is 9.48 Å². The molecular weight excluding hydrogens is 402 g/mol. The van der Waals surface area contributed by atoms with Crippen LogP contribution in [-0.4, -0.2) is 20.7 Å². The first-order valence-corrected chi connectivity index (χ1v) is 11.2. The van der Waals surface area contributed by atoms with Gasteiger partial charge in [0.1, 0.15) is 23.1 Å². The summed E-state index contributed by atoms with van der Waals surface area (Å²) in [6, 6.07) is 9.60. The molecule has 6 rings (SSSR count). The van der Waals surface area contributed by atoms with Crippen LogP contribution in [0.4, 0.5) is 11.5 Å². The van der Waals surface area contributed by atoms with Gasteiger partial charge in [0.05, 0.1) is 18.7 Å². The van der Waals surface area contributed by atoms with E-state index in [0.717, 1.165) is 29.2 Å². The molecular formula is C25H27N5O2. The molecule has 3 aliphatic carbocycles. The molecule has 7 heteroatoms. The number of anilines is 1. The van der Waals surface area contributed by atoms with Crippen molar-refractivity contribution in [3.05, 3.63) is 58.8 Å². The fraction of sp³-hybridized carbons (Fsp3) is 0.440. The van der Waals surface area contributed by atoms with Crippen LogP contribution in [0.15, 0.2) is 34.9 Å². The summed E-state index contributed by atoms with van der Waals surface area (Å²) in [5.41, 5.74) is 10.2. The number of hydrogen-bond acceptors (Lipinski definition) is 5. The molecule has 3 aliphatic rings. The van der Waals surface area contributed by atoms with Crippen LogP contribution in [-0.2, 0) is 24.1 Å². The zero-order valence-corrected chi connectivity index (χ0v) is 18.5. The van der Waals surface area contributed by atoms with Crippen molar-refractivity contribution in [3.8, 4) is 11.3 Å². The van der Waals surface area contributed by atoms with Crippen LogP contribution in [0.3, 0.4) is 0 Å². The number of Topliss-reactive ketones (excluding diaryl/α,β-unsaturated/α-hetero) is 1. The van der Waals surface area contributed by atoms with Crippen LogP contribution in [0.1, 0.15) is 56.2 Å². The summed E-state index contributed by atoms with van der Waals surface area (Å²) in [4.78, 5) is 16.1. The van der Waals surface area contributed by atoms with Gasteiger partial charge in [-0.25, -0.2) is 4.85 Å². The lowest BCUT2D eigenvalue weighted by Crippen LogP contribution is -2.52. The Morgan fingerprint density at radius 2 is 2.00 bits per heavy atom. The predicted molar refractivity (Wildman–Crippen MR) is 121 cm³/mol. The van der Waals surface area contributed by atoms with E-state index in [1.807, 2.05) is 44.2 Å². The second-order valence-electron chi connectivity index (χ2n) is 9.76. The Labute approximate surface area is 187 Å². The van der Waals surface area contributed by atoms with E-state index in [2.05, 4.69) is 15.1 Å². The smallest absolute Gasteiger partial charge is 0.254 e. The summed E-state index contributed by atoms with van der Waals surface area (Å²) in [5, 5.41) is 8.71. The van der Waals surface area contributed by atoms with E-state index in [0.29, 0.717) is 34.8 Å². The van der Waals surface area contributed by atoms with Crippen molar-refractivity contribution in [3.63, 3.8) is 0 Å². The van der Waals surface area contributed by atoms with Gasteiger partial charge in [0.15, 0.2) is 0 Å². The summed E-state index contributed by atoms with van der Waals surface area (Å²) < 4.78 is 7.08. The van der Waals surface area contributed by atoms with Gasteiger partial charge in [0.25, 0.3) is 5.69 Å². The molecule has 0 saturated heterocycles. The molecule has 0 aliphatic heterocycles. The maximum Gasteiger partial charge on any atom is 0.254 e. The van der Waals surface area contributed by atoms with Gasteiger partial charge in [0, 0.05) is 18.5 Å². The molecule has 1 aromatic carbocycles. The third-order valence-electron chi connectivity index (χ3n) is 6.85. The van der Waals surface area contributed by atoms with E-state index in [1.54, 1.807) is 4.68 Å². The molecule has 0 amide bonds. The average Bonchev–Trinajstić information content (AvgIpc) is 3.28. The zero-order valence-electron chi connectivity index (χ0n) is 18.5. The number of ketones is 1. The Kier molecular flexibility index (Phi) is 4.89. The first kappa shape index (κ1) is 20.5. The van der Waals surface area contributed by atoms with Crippen molar-refractivity contribution in [1.29, 1.82) is 0 Å². The molecule has 2 bridgehead atoms. The summed E-state index contributed by atoms with van der Waals surface area (Å²) >= 11 is 0. The Hall–Kier alpha value is -3.40. The minimum absolute atomic E-state index is 0.0664. The topological polar surface area (TPSA) is 91.3 Å². The summed E-state index contributed by atoms with van der Waals surface area (Å²) in [6.45, 7) is 11.4. The molecule has 32 heavy (non-hydrogen) atoms. The highest BCUT2D eigenvalue weighted by Crippen LogP contribution is 2.65. The van der Waals surface area contributed by atoms with E-state index in [-0.39, 0.29) is 18.2 Å². The third kappa shape index (κ3) is 3.60. The average molecular weight is 430 g/mol. The minimum Gasteiger partial charge on any atom is -0.393 e. The molecule has 0 atom stereocenters. The maximum absolute atomic E-state index is 12.6. The molecule has 164 valence electrons. The van der Waals surface area contributed by atoms with Crippen molar-refractivity contribution >= 4 is 17.3 Å². The predicted octanol–water partition coefficient (Wildman–Crippen LogP) is 4.95. The summed E-state index contributed by atoms with van der Waals surface area (Å²) in [6.07, 6.45) is 5.53. The Morgan fingerprint density at radius 1 is 1.28 bits per heavy atom. The number of aromatic nitrogens is 3. The van der Waals surface area contributed by atoms with Gasteiger partial charge < -0.3 is 10.3 Å². The quantitative estimate of drug-likeness (QED) is 0.512. The second-order valence-corrected chi connectivity index (χ2v) is 9.76. The van der Waals surface area contributed by atoms with Crippen LogP contribution >= 0.6 is 0 Å². The van der Waals surface area contributed by atoms with Gasteiger partial charge in [0.2, 0.25) is 0 Å². The molecule has 0 unspecified atom stereocenters. The molecule has 3 fully saturated rings. The number of carbonyl (C=O) groups excluding carboxylic acids is 1. The number of nitrogen functional groups attached to an aromatic ring is 1. The normalized spacial score (nSPS) is 21.1. The van der Waals surface area contributed by atoms with Crippen molar-refractivity contribution in [2.24, 2.45) is 11.3 Å². The molecule has 2 aromatic heterocycles. The fourth-order valence-electron chi connectivity index (χ4n) is 5.18. The van der Waals surface area contributed by atoms with Gasteiger partial charge >= 0.3 is 0 Å². The molecule has 3 saturated carbocycles. The molecule has 0 radical (unpaired) electrons. The van der Waals surface area contributed by atoms with E-state index in [9.17, 15) is 4.79 Å². The lowest BCUT2D eigenvalue weighted by Gasteiger charge is -2.62. The van der Waals surface area contributed by atoms with E-state index >= 15 is 0 Å². The third-order valence-corrected chi connectivity index (χ3v) is 6.85. The minimum atomic E-state index is 0.0664. The largest absolute Gasteiger partial charge is 0.393 e. The molecule has 2 N–H and O–H groups in total. The van der Waals surface area contributed by atoms with Crippen LogP contribution in [0.2, 0.25) is 0 Å². The van der Waals surface area contributed by atoms with Crippen molar-refractivity contribution in [1.82, 2.24) is 14.9 Å². The SMILES string of the molecule is [C-]#[N+]c1c(-c2ccc(CC(=O)Cc3cc(CC45CC(C4)C5)no3)cc2)nn(C(C)C)c1N. The highest BCUT2D eigenvalue weighted by Gasteiger charge is 2.56. The fourth-order valence-corrected chi connectivity index (χ4v) is 5.18. The number of carbonyl (C=O) groups is 1. The van der Waals surface area contributed by atoms with Gasteiger partial charge in [-0.15, -0.1) is 0 Å². The highest BCUT2D eigenvalue weighted by atomic mass is 16.5. The van der Waals surface area contributed by atoms with Gasteiger partial charge in [-0.1, -0.05) is 29.4 Å². The second kappa shape index (κ2) is 7.63. The summed E-state index contributed by atoms with van der Waals surface area (Å²) in [7, 11) is 0. The Morgan fingerprint density at radius 3 is 2.59 bits per heavy atom. The van der Waals surface area contributed by atoms with E-state index in [4.69, 9.17) is 16.8 Å². The van der Waals surface area contributed by atoms with Gasteiger partial charge in [-0.2, -0.15) is 5.10 Å². The number of benzene rings is 1. The lowest BCUT2D eigenvalue weighted by molar-refractivity contribution is -0.118. The van der Waals surface area contributed by atoms with Crippen LogP contribution < -0.4 is 5.73 Å². The number of nitrogens with two attached hydrogens (primary N) is 1. The molecule has 3 aromatic rings. The standard InChI is InChI=1S/C25H27N5O2/c1-15(2)30-24(26)23(27-3)22(28-30)18-6-4-16(5-7-18)8-20(31)10-21-9-19(29-32-21)14-25-11-17(12-25)13-25/h4-7,9,15,17H,8,10-14,26H2,1-2H3. The molecule has 7 nitrogen and oxygen atoms in total. The monoisotopic (exact) mass is 429 g/mol. The molecule has 2 heterocycles. The lowest BCUT2D eigenvalue weighted by atomic mass is 9.43. The number of rotatable bonds is 8. The van der Waals surface area contributed by atoms with Crippen molar-refractivity contribution < 1.29 is 9.32 Å². The Bertz CT molecular complexity index is 1200. The van der Waals surface area contributed by atoms with Crippen molar-refractivity contribution in [2.75, 3.05) is 5.73 Å². The van der Waals surface area contributed by atoms with Crippen molar-refractivity contribution in [2.45, 2.75) is 58.4 Å². The highest BCUT2D eigenvalue weighted by molar-refractivity contribution is 5.84. The van der Waals surface area contributed by atoms with Crippen LogP contribution in [0.25, 0.3) is 16.1 Å². The van der Waals surface area contributed by atoms with E-state index in [1.165, 1.54) is 19.3 Å². The van der Waals surface area contributed by atoms with E-state index < -0.39 is 0 Å². The number of nitrogens with zero attached hydrogens (tertiary/aromatic N) is 4. The zero-order chi connectivity index (χ0) is 22.5. The van der Waals surface area contributed by atoms with Gasteiger partial charge in [-0.05, 0) is 62.0 Å². The van der Waals surface area contributed by atoms with Crippen LogP contribution in [0, 0.1) is 17.9 Å². The molecule has 0 spiro atoms. The Balaban J connectivity index is 1.22. The maximum atomic E-state index is 12.6. The van der Waals surface area contributed by atoms with Crippen LogP contribution in [0.5, 0.6) is 0 Å². The first-order chi connectivity index (χ1) is 15.4. The number of hydrogen-bond donors (Lipinski definition) is 1.